The molecule has 1 aliphatic carbocycles. The maximum atomic E-state index is 6.13. The van der Waals surface area contributed by atoms with Crippen molar-refractivity contribution in [3.05, 3.63) is 17.5 Å². The van der Waals surface area contributed by atoms with Crippen LogP contribution in [0.25, 0.3) is 0 Å². The molecular weight excluding hydrogens is 252 g/mol. The average Bonchev–Trinajstić information content (AvgIpc) is 3.06. The summed E-state index contributed by atoms with van der Waals surface area (Å²) < 4.78 is 7.84. The molecule has 2 heterocycles. The van der Waals surface area contributed by atoms with Crippen LogP contribution in [0.1, 0.15) is 43.5 Å². The molecular formula is C15H26N4O. The Morgan fingerprint density at radius 1 is 1.50 bits per heavy atom. The quantitative estimate of drug-likeness (QED) is 0.900. The molecule has 1 aromatic heterocycles. The summed E-state index contributed by atoms with van der Waals surface area (Å²) in [5.41, 5.74) is 8.63. The summed E-state index contributed by atoms with van der Waals surface area (Å²) in [5.74, 6) is 0. The van der Waals surface area contributed by atoms with Gasteiger partial charge in [-0.2, -0.15) is 5.10 Å². The molecule has 0 bridgehead atoms. The second-order valence-electron chi connectivity index (χ2n) is 5.96. The normalized spacial score (nSPS) is 28.6. The Labute approximate surface area is 121 Å². The molecule has 0 amide bonds. The lowest BCUT2D eigenvalue weighted by Crippen LogP contribution is -2.51. The van der Waals surface area contributed by atoms with Gasteiger partial charge in [0.1, 0.15) is 0 Å². The molecule has 20 heavy (non-hydrogen) atoms. The summed E-state index contributed by atoms with van der Waals surface area (Å²) in [6.07, 6.45) is 7.24. The van der Waals surface area contributed by atoms with Gasteiger partial charge in [-0.25, -0.2) is 0 Å². The highest BCUT2D eigenvalue weighted by molar-refractivity contribution is 5.23. The zero-order valence-corrected chi connectivity index (χ0v) is 12.6. The Balaban J connectivity index is 1.88. The van der Waals surface area contributed by atoms with Crippen LogP contribution in [-0.2, 0) is 18.2 Å². The van der Waals surface area contributed by atoms with Crippen LogP contribution in [0, 0.1) is 0 Å². The third kappa shape index (κ3) is 2.38. The summed E-state index contributed by atoms with van der Waals surface area (Å²) in [6.45, 7) is 4.64. The van der Waals surface area contributed by atoms with Gasteiger partial charge in [-0.1, -0.05) is 6.92 Å². The number of morpholine rings is 1. The van der Waals surface area contributed by atoms with Crippen molar-refractivity contribution in [2.24, 2.45) is 12.8 Å². The molecule has 112 valence electrons. The van der Waals surface area contributed by atoms with E-state index in [0.717, 1.165) is 19.6 Å². The maximum absolute atomic E-state index is 6.13. The average molecular weight is 278 g/mol. The van der Waals surface area contributed by atoms with E-state index >= 15 is 0 Å². The first kappa shape index (κ1) is 14.0. The smallest absolute Gasteiger partial charge is 0.0731 e. The van der Waals surface area contributed by atoms with E-state index in [1.807, 2.05) is 11.7 Å². The Hall–Kier alpha value is -0.910. The fourth-order valence-corrected chi connectivity index (χ4v) is 3.89. The first-order valence-electron chi connectivity index (χ1n) is 7.84. The number of aryl methyl sites for hydroxylation is 2. The molecule has 2 fully saturated rings. The molecule has 1 aliphatic heterocycles. The van der Waals surface area contributed by atoms with Crippen LogP contribution in [0.4, 0.5) is 0 Å². The summed E-state index contributed by atoms with van der Waals surface area (Å²) in [7, 11) is 1.99. The molecule has 3 atom stereocenters. The van der Waals surface area contributed by atoms with Gasteiger partial charge < -0.3 is 10.5 Å². The highest BCUT2D eigenvalue weighted by atomic mass is 16.5. The number of hydrogen-bond donors (Lipinski definition) is 1. The van der Waals surface area contributed by atoms with Crippen LogP contribution in [0.5, 0.6) is 0 Å². The van der Waals surface area contributed by atoms with E-state index in [4.69, 9.17) is 10.5 Å². The van der Waals surface area contributed by atoms with Crippen LogP contribution >= 0.6 is 0 Å². The van der Waals surface area contributed by atoms with Crippen molar-refractivity contribution in [1.29, 1.82) is 0 Å². The Morgan fingerprint density at radius 3 is 3.10 bits per heavy atom. The van der Waals surface area contributed by atoms with Crippen molar-refractivity contribution in [3.63, 3.8) is 0 Å². The van der Waals surface area contributed by atoms with Crippen molar-refractivity contribution in [2.45, 2.75) is 50.8 Å². The first-order valence-corrected chi connectivity index (χ1v) is 7.84. The van der Waals surface area contributed by atoms with Crippen LogP contribution in [0.15, 0.2) is 6.20 Å². The second-order valence-corrected chi connectivity index (χ2v) is 5.96. The van der Waals surface area contributed by atoms with E-state index in [1.165, 1.54) is 30.5 Å². The minimum absolute atomic E-state index is 0.285. The number of rotatable bonds is 4. The van der Waals surface area contributed by atoms with Crippen molar-refractivity contribution < 1.29 is 4.74 Å². The van der Waals surface area contributed by atoms with Crippen molar-refractivity contribution in [2.75, 3.05) is 19.7 Å². The van der Waals surface area contributed by atoms with Crippen LogP contribution in [0.3, 0.4) is 0 Å². The predicted molar refractivity (Wildman–Crippen MR) is 78.5 cm³/mol. The number of ether oxygens (including phenoxy) is 1. The van der Waals surface area contributed by atoms with Crippen molar-refractivity contribution >= 4 is 0 Å². The summed E-state index contributed by atoms with van der Waals surface area (Å²) >= 11 is 0. The molecule has 0 aromatic carbocycles. The van der Waals surface area contributed by atoms with Gasteiger partial charge in [0.25, 0.3) is 0 Å². The summed E-state index contributed by atoms with van der Waals surface area (Å²) in [6, 6.07) is 0.829. The molecule has 1 saturated carbocycles. The lowest BCUT2D eigenvalue weighted by atomic mass is 10.0. The zero-order valence-electron chi connectivity index (χ0n) is 12.6. The van der Waals surface area contributed by atoms with Gasteiger partial charge in [-0.05, 0) is 25.7 Å². The van der Waals surface area contributed by atoms with Gasteiger partial charge in [0, 0.05) is 37.9 Å². The lowest BCUT2D eigenvalue weighted by molar-refractivity contribution is -0.0712. The molecule has 2 N–H and O–H groups in total. The fraction of sp³-hybridized carbons (Fsp3) is 0.800. The number of hydrogen-bond acceptors (Lipinski definition) is 4. The van der Waals surface area contributed by atoms with Crippen molar-refractivity contribution in [3.8, 4) is 0 Å². The monoisotopic (exact) mass is 278 g/mol. The SMILES string of the molecule is CCc1nn(C)cc1C(CN)N1CCOC2CCCC21. The van der Waals surface area contributed by atoms with Crippen LogP contribution in [0.2, 0.25) is 0 Å². The number of aromatic nitrogens is 2. The number of nitrogens with zero attached hydrogens (tertiary/aromatic N) is 3. The second kappa shape index (κ2) is 5.84. The van der Waals surface area contributed by atoms with Gasteiger partial charge in [0.2, 0.25) is 0 Å². The molecule has 5 nitrogen and oxygen atoms in total. The third-order valence-electron chi connectivity index (χ3n) is 4.78. The molecule has 1 saturated heterocycles. The van der Waals surface area contributed by atoms with Gasteiger partial charge in [-0.3, -0.25) is 9.58 Å². The van der Waals surface area contributed by atoms with E-state index < -0.39 is 0 Å². The van der Waals surface area contributed by atoms with E-state index in [-0.39, 0.29) is 6.04 Å². The Kier molecular flexibility index (Phi) is 4.10. The lowest BCUT2D eigenvalue weighted by Gasteiger charge is -2.42. The topological polar surface area (TPSA) is 56.3 Å². The van der Waals surface area contributed by atoms with E-state index in [0.29, 0.717) is 18.7 Å². The summed E-state index contributed by atoms with van der Waals surface area (Å²) in [4.78, 5) is 2.58. The van der Waals surface area contributed by atoms with Gasteiger partial charge in [0.05, 0.1) is 24.4 Å². The highest BCUT2D eigenvalue weighted by Gasteiger charge is 2.39. The van der Waals surface area contributed by atoms with Crippen molar-refractivity contribution in [1.82, 2.24) is 14.7 Å². The zero-order chi connectivity index (χ0) is 14.1. The molecule has 3 unspecified atom stereocenters. The van der Waals surface area contributed by atoms with Crippen LogP contribution < -0.4 is 5.73 Å². The van der Waals surface area contributed by atoms with Gasteiger partial charge in [0.15, 0.2) is 0 Å². The van der Waals surface area contributed by atoms with E-state index in [9.17, 15) is 0 Å². The highest BCUT2D eigenvalue weighted by Crippen LogP contribution is 2.35. The van der Waals surface area contributed by atoms with Crippen LogP contribution in [-0.4, -0.2) is 46.5 Å². The summed E-state index contributed by atoms with van der Waals surface area (Å²) in [5, 5.41) is 4.58. The Bertz CT molecular complexity index is 459. The van der Waals surface area contributed by atoms with Gasteiger partial charge in [-0.15, -0.1) is 0 Å². The standard InChI is InChI=1S/C15H26N4O/c1-3-12-11(10-18(2)17-12)14(9-16)19-7-8-20-15-6-4-5-13(15)19/h10,13-15H,3-9,16H2,1-2H3. The minimum atomic E-state index is 0.285. The molecule has 1 aromatic rings. The fourth-order valence-electron chi connectivity index (χ4n) is 3.89. The van der Waals surface area contributed by atoms with Gasteiger partial charge >= 0.3 is 0 Å². The first-order chi connectivity index (χ1) is 9.74. The molecule has 3 rings (SSSR count). The van der Waals surface area contributed by atoms with E-state index in [2.05, 4.69) is 23.1 Å². The predicted octanol–water partition coefficient (Wildman–Crippen LogP) is 1.24. The number of nitrogens with two attached hydrogens (primary N) is 1. The number of fused-ring (bicyclic) bond motifs is 1. The minimum Gasteiger partial charge on any atom is -0.375 e. The molecule has 5 heteroatoms. The largest absolute Gasteiger partial charge is 0.375 e. The Morgan fingerprint density at radius 2 is 2.35 bits per heavy atom. The molecule has 0 spiro atoms. The third-order valence-corrected chi connectivity index (χ3v) is 4.78. The maximum Gasteiger partial charge on any atom is 0.0731 e. The van der Waals surface area contributed by atoms with E-state index in [1.54, 1.807) is 0 Å². The molecule has 2 aliphatic rings. The molecule has 0 radical (unpaired) electrons.